The van der Waals surface area contributed by atoms with Crippen molar-refractivity contribution in [2.45, 2.75) is 51.1 Å². The average molecular weight is 360 g/mol. The number of hydrogen-bond donors (Lipinski definition) is 1. The van der Waals surface area contributed by atoms with Gasteiger partial charge in [-0.3, -0.25) is 9.59 Å². The molecule has 0 unspecified atom stereocenters. The first-order chi connectivity index (χ1) is 12.4. The number of benzene rings is 1. The van der Waals surface area contributed by atoms with E-state index in [2.05, 4.69) is 5.32 Å². The first kappa shape index (κ1) is 18.5. The molecule has 1 aliphatic heterocycles. The number of amides is 2. The summed E-state index contributed by atoms with van der Waals surface area (Å²) < 4.78 is 10.7. The Balaban J connectivity index is 1.70. The normalized spacial score (nSPS) is 20.7. The molecule has 0 radical (unpaired) electrons. The van der Waals surface area contributed by atoms with Gasteiger partial charge >= 0.3 is 0 Å². The number of likely N-dealkylation sites (tertiary alicyclic amines) is 1. The van der Waals surface area contributed by atoms with E-state index in [0.717, 1.165) is 18.4 Å². The Morgan fingerprint density at radius 2 is 1.85 bits per heavy atom. The summed E-state index contributed by atoms with van der Waals surface area (Å²) >= 11 is 0. The summed E-state index contributed by atoms with van der Waals surface area (Å²) in [7, 11) is 3.19. The van der Waals surface area contributed by atoms with Crippen molar-refractivity contribution in [2.75, 3.05) is 20.8 Å². The second-order valence-corrected chi connectivity index (χ2v) is 7.70. The highest BCUT2D eigenvalue weighted by molar-refractivity contribution is 5.84. The SMILES string of the molecule is COc1ccc(C(C)(C)NC(=O)[C@H]2CCC(=O)N(C3CC3)C2)cc1OC. The maximum atomic E-state index is 12.9. The maximum absolute atomic E-state index is 12.9. The van der Waals surface area contributed by atoms with Gasteiger partial charge in [-0.25, -0.2) is 0 Å². The number of nitrogens with zero attached hydrogens (tertiary/aromatic N) is 1. The van der Waals surface area contributed by atoms with Crippen LogP contribution >= 0.6 is 0 Å². The summed E-state index contributed by atoms with van der Waals surface area (Å²) in [5, 5.41) is 3.15. The van der Waals surface area contributed by atoms with Gasteiger partial charge in [0.05, 0.1) is 25.7 Å². The molecule has 2 fully saturated rings. The van der Waals surface area contributed by atoms with Gasteiger partial charge in [0.15, 0.2) is 11.5 Å². The smallest absolute Gasteiger partial charge is 0.225 e. The molecule has 6 heteroatoms. The number of carbonyl (C=O) groups excluding carboxylic acids is 2. The highest BCUT2D eigenvalue weighted by atomic mass is 16.5. The zero-order chi connectivity index (χ0) is 18.9. The third-order valence-electron chi connectivity index (χ3n) is 5.34. The predicted octanol–water partition coefficient (Wildman–Crippen LogP) is 2.46. The van der Waals surface area contributed by atoms with Gasteiger partial charge in [-0.05, 0) is 50.8 Å². The lowest BCUT2D eigenvalue weighted by atomic mass is 9.90. The molecular formula is C20H28N2O4. The van der Waals surface area contributed by atoms with Crippen molar-refractivity contribution < 1.29 is 19.1 Å². The van der Waals surface area contributed by atoms with Crippen LogP contribution in [-0.2, 0) is 15.1 Å². The number of nitrogens with one attached hydrogen (secondary N) is 1. The van der Waals surface area contributed by atoms with Crippen LogP contribution in [0.25, 0.3) is 0 Å². The van der Waals surface area contributed by atoms with Crippen molar-refractivity contribution in [1.29, 1.82) is 0 Å². The lowest BCUT2D eigenvalue weighted by Gasteiger charge is -2.35. The van der Waals surface area contributed by atoms with E-state index in [-0.39, 0.29) is 17.7 Å². The molecule has 0 aromatic heterocycles. The highest BCUT2D eigenvalue weighted by Gasteiger charge is 2.39. The Hall–Kier alpha value is -2.24. The molecule has 1 saturated heterocycles. The van der Waals surface area contributed by atoms with Gasteiger partial charge in [-0.2, -0.15) is 0 Å². The lowest BCUT2D eigenvalue weighted by molar-refractivity contribution is -0.139. The summed E-state index contributed by atoms with van der Waals surface area (Å²) in [6.07, 6.45) is 3.22. The Morgan fingerprint density at radius 1 is 1.15 bits per heavy atom. The van der Waals surface area contributed by atoms with Gasteiger partial charge < -0.3 is 19.7 Å². The quantitative estimate of drug-likeness (QED) is 0.846. The van der Waals surface area contributed by atoms with E-state index < -0.39 is 5.54 Å². The molecule has 2 aliphatic rings. The van der Waals surface area contributed by atoms with E-state index in [1.807, 2.05) is 36.9 Å². The Morgan fingerprint density at radius 3 is 2.46 bits per heavy atom. The third-order valence-corrected chi connectivity index (χ3v) is 5.34. The molecule has 1 aromatic rings. The first-order valence-electron chi connectivity index (χ1n) is 9.19. The van der Waals surface area contributed by atoms with Gasteiger partial charge in [-0.1, -0.05) is 6.07 Å². The number of methoxy groups -OCH3 is 2. The topological polar surface area (TPSA) is 67.9 Å². The largest absolute Gasteiger partial charge is 0.493 e. The Kier molecular flexibility index (Phi) is 5.12. The standard InChI is InChI=1S/C20H28N2O4/c1-20(2,14-6-9-16(25-3)17(11-14)26-4)21-19(24)13-5-10-18(23)22(12-13)15-7-8-15/h6,9,11,13,15H,5,7-8,10,12H2,1-4H3,(H,21,24)/t13-/m0/s1. The molecule has 2 amide bonds. The number of piperidine rings is 1. The fraction of sp³-hybridized carbons (Fsp3) is 0.600. The van der Waals surface area contributed by atoms with E-state index >= 15 is 0 Å². The molecule has 3 rings (SSSR count). The van der Waals surface area contributed by atoms with Crippen LogP contribution < -0.4 is 14.8 Å². The second-order valence-electron chi connectivity index (χ2n) is 7.70. The van der Waals surface area contributed by atoms with E-state index in [9.17, 15) is 9.59 Å². The van der Waals surface area contributed by atoms with Crippen molar-refractivity contribution in [2.24, 2.45) is 5.92 Å². The summed E-state index contributed by atoms with van der Waals surface area (Å²) in [5.41, 5.74) is 0.386. The fourth-order valence-corrected chi connectivity index (χ4v) is 3.53. The van der Waals surface area contributed by atoms with Crippen molar-refractivity contribution in [3.8, 4) is 11.5 Å². The van der Waals surface area contributed by atoms with Gasteiger partial charge in [0.25, 0.3) is 0 Å². The van der Waals surface area contributed by atoms with Crippen LogP contribution in [-0.4, -0.2) is 43.5 Å². The van der Waals surface area contributed by atoms with Gasteiger partial charge in [-0.15, -0.1) is 0 Å². The van der Waals surface area contributed by atoms with E-state index in [0.29, 0.717) is 36.9 Å². The van der Waals surface area contributed by atoms with E-state index in [1.54, 1.807) is 14.2 Å². The van der Waals surface area contributed by atoms with Gasteiger partial charge in [0.2, 0.25) is 11.8 Å². The minimum Gasteiger partial charge on any atom is -0.493 e. The fourth-order valence-electron chi connectivity index (χ4n) is 3.53. The van der Waals surface area contributed by atoms with Gasteiger partial charge in [0.1, 0.15) is 0 Å². The number of hydrogen-bond acceptors (Lipinski definition) is 4. The highest BCUT2D eigenvalue weighted by Crippen LogP contribution is 2.34. The van der Waals surface area contributed by atoms with Crippen molar-refractivity contribution in [3.63, 3.8) is 0 Å². The molecule has 1 N–H and O–H groups in total. The monoisotopic (exact) mass is 360 g/mol. The molecule has 1 aromatic carbocycles. The summed E-state index contributed by atoms with van der Waals surface area (Å²) in [6.45, 7) is 4.48. The number of ether oxygens (including phenoxy) is 2. The Labute approximate surface area is 154 Å². The molecule has 142 valence electrons. The third kappa shape index (κ3) is 3.79. The maximum Gasteiger partial charge on any atom is 0.225 e. The van der Waals surface area contributed by atoms with Crippen LogP contribution in [0.5, 0.6) is 11.5 Å². The average Bonchev–Trinajstić information content (AvgIpc) is 3.46. The van der Waals surface area contributed by atoms with E-state index in [4.69, 9.17) is 9.47 Å². The van der Waals surface area contributed by atoms with Crippen molar-refractivity contribution in [1.82, 2.24) is 10.2 Å². The van der Waals surface area contributed by atoms with Crippen LogP contribution in [0.2, 0.25) is 0 Å². The molecule has 0 spiro atoms. The van der Waals surface area contributed by atoms with Crippen LogP contribution in [0.3, 0.4) is 0 Å². The summed E-state index contributed by atoms with van der Waals surface area (Å²) in [6, 6.07) is 6.02. The van der Waals surface area contributed by atoms with Crippen molar-refractivity contribution >= 4 is 11.8 Å². The van der Waals surface area contributed by atoms with Gasteiger partial charge in [0, 0.05) is 19.0 Å². The molecular weight excluding hydrogens is 332 g/mol. The minimum absolute atomic E-state index is 0.00272. The molecule has 1 atom stereocenters. The molecule has 26 heavy (non-hydrogen) atoms. The van der Waals surface area contributed by atoms with Crippen molar-refractivity contribution in [3.05, 3.63) is 23.8 Å². The molecule has 0 bridgehead atoms. The summed E-state index contributed by atoms with van der Waals surface area (Å²) in [5.74, 6) is 1.34. The zero-order valence-electron chi connectivity index (χ0n) is 16.0. The first-order valence-corrected chi connectivity index (χ1v) is 9.19. The van der Waals surface area contributed by atoms with Crippen LogP contribution in [0.15, 0.2) is 18.2 Å². The number of carbonyl (C=O) groups is 2. The Bertz CT molecular complexity index is 697. The molecule has 1 saturated carbocycles. The molecule has 1 heterocycles. The summed E-state index contributed by atoms with van der Waals surface area (Å²) in [4.78, 5) is 26.8. The number of rotatable bonds is 6. The van der Waals surface area contributed by atoms with Crippen LogP contribution in [0, 0.1) is 5.92 Å². The predicted molar refractivity (Wildman–Crippen MR) is 98.2 cm³/mol. The molecule has 6 nitrogen and oxygen atoms in total. The molecule has 1 aliphatic carbocycles. The van der Waals surface area contributed by atoms with Crippen LogP contribution in [0.1, 0.15) is 45.1 Å². The zero-order valence-corrected chi connectivity index (χ0v) is 16.0. The minimum atomic E-state index is -0.553. The second kappa shape index (κ2) is 7.17. The van der Waals surface area contributed by atoms with E-state index in [1.165, 1.54) is 0 Å². The van der Waals surface area contributed by atoms with Crippen LogP contribution in [0.4, 0.5) is 0 Å². The lowest BCUT2D eigenvalue weighted by Crippen LogP contribution is -2.50.